The zero-order chi connectivity index (χ0) is 55.9. The van der Waals surface area contributed by atoms with Crippen LogP contribution in [0.2, 0.25) is 0 Å². The van der Waals surface area contributed by atoms with Crippen molar-refractivity contribution in [2.75, 3.05) is 40.8 Å². The van der Waals surface area contributed by atoms with Crippen molar-refractivity contribution in [3.8, 4) is 85.9 Å². The van der Waals surface area contributed by atoms with Crippen LogP contribution in [-0.2, 0) is 40.1 Å². The molecule has 1 N–H and O–H groups in total. The highest BCUT2D eigenvalue weighted by molar-refractivity contribution is 7.85. The third-order valence-electron chi connectivity index (χ3n) is 11.8. The Kier molecular flexibility index (Phi) is 25.3. The fourth-order valence-electron chi connectivity index (χ4n) is 7.93. The first-order chi connectivity index (χ1) is 39.1. The first-order valence-electron chi connectivity index (χ1n) is 25.2. The van der Waals surface area contributed by atoms with Gasteiger partial charge in [-0.2, -0.15) is 13.5 Å². The summed E-state index contributed by atoms with van der Waals surface area (Å²) in [5.74, 6) is 4.99. The van der Waals surface area contributed by atoms with Gasteiger partial charge in [-0.15, -0.1) is 0 Å². The van der Waals surface area contributed by atoms with Gasteiger partial charge in [0.15, 0.2) is 0 Å². The van der Waals surface area contributed by atoms with Crippen molar-refractivity contribution >= 4 is 10.1 Å². The Bertz CT molecular complexity index is 3630. The maximum atomic E-state index is 11.0. The van der Waals surface area contributed by atoms with E-state index in [1.54, 1.807) is 76.8 Å². The predicted molar refractivity (Wildman–Crippen MR) is 323 cm³/mol. The van der Waals surface area contributed by atoms with Gasteiger partial charge in [-0.05, 0) is 151 Å². The molecular weight excluding hydrogens is 1070 g/mol. The maximum Gasteiger partial charge on any atom is 0.264 e. The zero-order valence-corrected chi connectivity index (χ0v) is 45.2. The van der Waals surface area contributed by atoms with Crippen LogP contribution >= 0.6 is 0 Å². The number of rotatable bonds is 21. The van der Waals surface area contributed by atoms with Gasteiger partial charge >= 0.3 is 0 Å². The van der Waals surface area contributed by atoms with E-state index in [2.05, 4.69) is 47.1 Å². The molecule has 18 nitrogen and oxygen atoms in total. The Morgan fingerprint density at radius 1 is 0.410 bits per heavy atom. The molecule has 10 aromatic rings. The lowest BCUT2D eigenvalue weighted by Gasteiger charge is -2.12. The molecule has 0 saturated carbocycles. The van der Waals surface area contributed by atoms with Gasteiger partial charge in [0, 0.05) is 96.1 Å². The van der Waals surface area contributed by atoms with Crippen molar-refractivity contribution in [2.24, 2.45) is 0 Å². The molecule has 19 heteroatoms. The molecule has 10 rings (SSSR count). The Hall–Kier alpha value is -9.56. The minimum atomic E-state index is -3.43. The number of aliphatic hydroxyl groups is 1. The number of pyridine rings is 6. The van der Waals surface area contributed by atoms with Crippen LogP contribution in [0.5, 0.6) is 52.5 Å². The van der Waals surface area contributed by atoms with E-state index in [1.165, 1.54) is 5.56 Å². The van der Waals surface area contributed by atoms with Gasteiger partial charge in [-0.1, -0.05) is 58.7 Å². The minimum absolute atomic E-state index is 0. The predicted octanol–water partition coefficient (Wildman–Crippen LogP) is 13.2. The summed E-state index contributed by atoms with van der Waals surface area (Å²) in [6, 6.07) is 47.4. The highest BCUT2D eigenvalue weighted by Gasteiger charge is 2.17. The second-order valence-corrected chi connectivity index (χ2v) is 18.9. The number of ether oxygens (including phenoxy) is 6. The fraction of sp³-hybridized carbons (Fsp3) is 0.203. The second kappa shape index (κ2) is 32.6. The average molecular weight is 1140 g/mol. The summed E-state index contributed by atoms with van der Waals surface area (Å²) < 4.78 is 62.7. The van der Waals surface area contributed by atoms with Crippen LogP contribution in [0.1, 0.15) is 39.0 Å². The Morgan fingerprint density at radius 2 is 0.723 bits per heavy atom. The number of methoxy groups -OCH3 is 3. The average Bonchev–Trinajstić information content (AvgIpc) is 4.10. The third kappa shape index (κ3) is 18.8. The smallest absolute Gasteiger partial charge is 0.264 e. The monoisotopic (exact) mass is 1140 g/mol. The molecule has 0 fully saturated rings. The highest BCUT2D eigenvalue weighted by Crippen LogP contribution is 2.38. The molecule has 0 amide bonds. The number of aliphatic hydroxyl groups excluding tert-OH is 1. The van der Waals surface area contributed by atoms with E-state index in [4.69, 9.17) is 37.7 Å². The molecule has 0 atom stereocenters. The van der Waals surface area contributed by atoms with Crippen LogP contribution in [0, 0.1) is 0 Å². The zero-order valence-electron chi connectivity index (χ0n) is 44.4. The van der Waals surface area contributed by atoms with Gasteiger partial charge < -0.3 is 33.5 Å². The molecule has 0 aliphatic heterocycles. The van der Waals surface area contributed by atoms with Gasteiger partial charge in [-0.3, -0.25) is 8.86 Å². The van der Waals surface area contributed by atoms with Crippen LogP contribution in [0.3, 0.4) is 0 Å². The number of hydrogen-bond donors (Lipinski definition) is 1. The first-order valence-corrected chi connectivity index (χ1v) is 27.0. The summed E-state index contributed by atoms with van der Waals surface area (Å²) >= 11 is 0. The molecule has 0 aliphatic carbocycles. The van der Waals surface area contributed by atoms with E-state index in [0.717, 1.165) is 69.5 Å². The van der Waals surface area contributed by atoms with Crippen LogP contribution in [-0.4, -0.2) is 94.0 Å². The topological polar surface area (TPSA) is 214 Å². The number of benzene rings is 3. The normalized spacial score (nSPS) is 10.4. The lowest BCUT2D eigenvalue weighted by Crippen LogP contribution is -2.06. The maximum absolute atomic E-state index is 11.0. The summed E-state index contributed by atoms with van der Waals surface area (Å²) in [4.78, 5) is 25.8. The molecule has 0 radical (unpaired) electrons. The van der Waals surface area contributed by atoms with Crippen LogP contribution in [0.25, 0.3) is 33.4 Å². The summed E-state index contributed by atoms with van der Waals surface area (Å²) in [6.45, 7) is 1.08. The Labute approximate surface area is 486 Å². The van der Waals surface area contributed by atoms with Gasteiger partial charge in [0.2, 0.25) is 35.3 Å². The molecule has 0 saturated heterocycles. The van der Waals surface area contributed by atoms with E-state index < -0.39 is 10.1 Å². The number of hydrogen-bond acceptors (Lipinski definition) is 17. The summed E-state index contributed by atoms with van der Waals surface area (Å²) in [5, 5.41) is 13.2. The van der Waals surface area contributed by atoms with Crippen molar-refractivity contribution in [2.45, 2.75) is 48.1 Å². The van der Waals surface area contributed by atoms with Gasteiger partial charge in [0.05, 0.1) is 34.2 Å². The minimum Gasteiger partial charge on any atom is -0.481 e. The van der Waals surface area contributed by atoms with Crippen molar-refractivity contribution in [3.63, 3.8) is 0 Å². The standard InChI is InChI=1S/C22H20N4O2.C20H20N2O5S.C19H18N2O3.3CH4/c1-27-21-19(5-2-12-23-21)20-6-3-13-24-22(20)28-18-9-7-17(8-10-18)11-16-26-15-4-14-25-26;1-25-19-17(5-3-12-21-19)18-6-4-13-22-20(18)27-16-9-7-15(8-10-16)11-14-26-28(2,23)24;1-23-18-16(4-2-11-20-18)17-5-3-12-21-19(17)24-15-8-6-14(7-9-15)10-13-22;;;/h2-10,12-15H,11,16H2,1H3;3-10,12-13H,11,14H2,1-2H3;2-9,11-12,22H,10,13H2,1H3;3*1H4. The van der Waals surface area contributed by atoms with Crippen molar-refractivity contribution in [3.05, 3.63) is 218 Å². The van der Waals surface area contributed by atoms with Gasteiger partial charge in [-0.25, -0.2) is 29.9 Å². The van der Waals surface area contributed by atoms with Crippen molar-refractivity contribution < 1.29 is 46.1 Å². The molecule has 0 aliphatic rings. The molecule has 432 valence electrons. The number of aromatic nitrogens is 8. The van der Waals surface area contributed by atoms with E-state index >= 15 is 0 Å². The Morgan fingerprint density at radius 3 is 1.02 bits per heavy atom. The molecule has 0 bridgehead atoms. The summed E-state index contributed by atoms with van der Waals surface area (Å²) in [5.41, 5.74) is 8.05. The van der Waals surface area contributed by atoms with Gasteiger partial charge in [0.25, 0.3) is 10.1 Å². The molecule has 7 heterocycles. The van der Waals surface area contributed by atoms with E-state index in [1.807, 2.05) is 138 Å². The largest absolute Gasteiger partial charge is 0.481 e. The molecule has 83 heavy (non-hydrogen) atoms. The van der Waals surface area contributed by atoms with E-state index in [0.29, 0.717) is 59.6 Å². The van der Waals surface area contributed by atoms with Crippen LogP contribution in [0.4, 0.5) is 0 Å². The molecule has 3 aromatic carbocycles. The Balaban J connectivity index is 0.000000225. The van der Waals surface area contributed by atoms with Crippen LogP contribution in [0.15, 0.2) is 201 Å². The third-order valence-corrected chi connectivity index (χ3v) is 12.4. The fourth-order valence-corrected chi connectivity index (χ4v) is 8.32. The molecular formula is C64H70N8O10S. The highest BCUT2D eigenvalue weighted by atomic mass is 32.2. The first kappa shape index (κ1) is 64.3. The lowest BCUT2D eigenvalue weighted by molar-refractivity contribution is 0.299. The van der Waals surface area contributed by atoms with E-state index in [9.17, 15) is 8.42 Å². The van der Waals surface area contributed by atoms with Crippen molar-refractivity contribution in [1.29, 1.82) is 0 Å². The van der Waals surface area contributed by atoms with E-state index in [-0.39, 0.29) is 35.5 Å². The lowest BCUT2D eigenvalue weighted by atomic mass is 10.1. The SMILES string of the molecule is C.C.C.COc1ncccc1-c1cccnc1Oc1ccc(CCO)cc1.COc1ncccc1-c1cccnc1Oc1ccc(CCOS(C)(=O)=O)cc1.COc1ncccc1-c1cccnc1Oc1ccc(CCn2cccn2)cc1. The number of nitrogens with zero attached hydrogens (tertiary/aromatic N) is 8. The molecule has 0 spiro atoms. The molecule has 7 aromatic heterocycles. The van der Waals surface area contributed by atoms with Crippen LogP contribution < -0.4 is 28.4 Å². The van der Waals surface area contributed by atoms with Gasteiger partial charge in [0.1, 0.15) is 17.2 Å². The summed E-state index contributed by atoms with van der Waals surface area (Å²) in [6.07, 6.45) is 16.9. The summed E-state index contributed by atoms with van der Waals surface area (Å²) in [7, 11) is 1.32. The number of aryl methyl sites for hydroxylation is 2. The second-order valence-electron chi connectivity index (χ2n) is 17.3. The quantitative estimate of drug-likeness (QED) is 0.0662. The van der Waals surface area contributed by atoms with Crippen molar-refractivity contribution in [1.82, 2.24) is 39.7 Å². The molecule has 0 unspecified atom stereocenters.